The zero-order valence-electron chi connectivity index (χ0n) is 11.3. The summed E-state index contributed by atoms with van der Waals surface area (Å²) in [5.74, 6) is 0. The lowest BCUT2D eigenvalue weighted by Crippen LogP contribution is -2.13. The number of nitro benzene ring substituents is 1. The molecule has 0 unspecified atom stereocenters. The molecule has 0 spiro atoms. The molecule has 0 bridgehead atoms. The maximum atomic E-state index is 12.2. The second-order valence-corrected chi connectivity index (χ2v) is 5.88. The molecule has 1 heterocycles. The first-order valence-corrected chi connectivity index (χ1v) is 7.29. The van der Waals surface area contributed by atoms with Crippen molar-refractivity contribution in [3.63, 3.8) is 0 Å². The van der Waals surface area contributed by atoms with E-state index in [1.165, 1.54) is 36.3 Å². The molecule has 0 saturated heterocycles. The van der Waals surface area contributed by atoms with E-state index in [0.29, 0.717) is 5.69 Å². The standard InChI is InChI=1S/C11H13N5O4S/c1-12-10-5-9(3-4-11(10)16(17)18)21(19,20)14-8-6-13-15(2)7-8/h3-7,12,14H,1-2H3. The van der Waals surface area contributed by atoms with Gasteiger partial charge < -0.3 is 5.32 Å². The molecular weight excluding hydrogens is 298 g/mol. The number of aromatic nitrogens is 2. The van der Waals surface area contributed by atoms with Gasteiger partial charge in [-0.05, 0) is 12.1 Å². The summed E-state index contributed by atoms with van der Waals surface area (Å²) in [5.41, 5.74) is 0.230. The number of anilines is 2. The maximum Gasteiger partial charge on any atom is 0.292 e. The second kappa shape index (κ2) is 5.40. The van der Waals surface area contributed by atoms with Crippen molar-refractivity contribution in [1.29, 1.82) is 0 Å². The summed E-state index contributed by atoms with van der Waals surface area (Å²) in [4.78, 5) is 10.2. The molecule has 10 heteroatoms. The highest BCUT2D eigenvalue weighted by molar-refractivity contribution is 7.92. The number of aryl methyl sites for hydroxylation is 1. The van der Waals surface area contributed by atoms with Gasteiger partial charge in [-0.15, -0.1) is 0 Å². The smallest absolute Gasteiger partial charge is 0.292 e. The Bertz CT molecular complexity index is 784. The number of rotatable bonds is 5. The van der Waals surface area contributed by atoms with Crippen LogP contribution in [0.25, 0.3) is 0 Å². The van der Waals surface area contributed by atoms with Gasteiger partial charge in [0.25, 0.3) is 15.7 Å². The van der Waals surface area contributed by atoms with Crippen molar-refractivity contribution in [2.45, 2.75) is 4.90 Å². The highest BCUT2D eigenvalue weighted by Crippen LogP contribution is 2.27. The van der Waals surface area contributed by atoms with E-state index >= 15 is 0 Å². The van der Waals surface area contributed by atoms with Crippen molar-refractivity contribution in [1.82, 2.24) is 9.78 Å². The molecule has 1 aromatic heterocycles. The van der Waals surface area contributed by atoms with Crippen LogP contribution in [0.1, 0.15) is 0 Å². The van der Waals surface area contributed by atoms with Crippen molar-refractivity contribution < 1.29 is 13.3 Å². The number of nitrogens with one attached hydrogen (secondary N) is 2. The number of hydrogen-bond acceptors (Lipinski definition) is 6. The molecule has 0 aliphatic carbocycles. The Kier molecular flexibility index (Phi) is 3.80. The maximum absolute atomic E-state index is 12.2. The lowest BCUT2D eigenvalue weighted by atomic mass is 10.3. The van der Waals surface area contributed by atoms with Crippen LogP contribution in [0.2, 0.25) is 0 Å². The van der Waals surface area contributed by atoms with E-state index in [4.69, 9.17) is 0 Å². The summed E-state index contributed by atoms with van der Waals surface area (Å²) < 4.78 is 28.2. The topological polar surface area (TPSA) is 119 Å². The highest BCUT2D eigenvalue weighted by atomic mass is 32.2. The van der Waals surface area contributed by atoms with Crippen LogP contribution in [0.15, 0.2) is 35.5 Å². The molecule has 0 radical (unpaired) electrons. The average Bonchev–Trinajstić information content (AvgIpc) is 2.82. The summed E-state index contributed by atoms with van der Waals surface area (Å²) in [6.07, 6.45) is 2.86. The summed E-state index contributed by atoms with van der Waals surface area (Å²) in [7, 11) is -0.706. The van der Waals surface area contributed by atoms with Crippen LogP contribution in [0.4, 0.5) is 17.1 Å². The molecule has 0 aliphatic heterocycles. The number of sulfonamides is 1. The van der Waals surface area contributed by atoms with Gasteiger partial charge in [-0.25, -0.2) is 8.42 Å². The minimum atomic E-state index is -3.84. The Hall–Kier alpha value is -2.62. The minimum absolute atomic E-state index is 0.0821. The summed E-state index contributed by atoms with van der Waals surface area (Å²) >= 11 is 0. The zero-order valence-corrected chi connectivity index (χ0v) is 12.1. The van der Waals surface area contributed by atoms with Crippen LogP contribution < -0.4 is 10.0 Å². The molecule has 0 saturated carbocycles. The summed E-state index contributed by atoms with van der Waals surface area (Å²) in [5, 5.41) is 17.3. The fourth-order valence-electron chi connectivity index (χ4n) is 1.73. The normalized spacial score (nSPS) is 11.1. The molecule has 2 aromatic rings. The number of nitrogens with zero attached hydrogens (tertiary/aromatic N) is 3. The van der Waals surface area contributed by atoms with E-state index in [2.05, 4.69) is 15.1 Å². The third-order valence-electron chi connectivity index (χ3n) is 2.70. The number of hydrogen-bond donors (Lipinski definition) is 2. The summed E-state index contributed by atoms with van der Waals surface area (Å²) in [6, 6.07) is 3.53. The predicted octanol–water partition coefficient (Wildman–Crippen LogP) is 1.17. The van der Waals surface area contributed by atoms with Crippen molar-refractivity contribution in [2.75, 3.05) is 17.1 Å². The lowest BCUT2D eigenvalue weighted by Gasteiger charge is -2.08. The van der Waals surface area contributed by atoms with E-state index in [9.17, 15) is 18.5 Å². The van der Waals surface area contributed by atoms with Gasteiger partial charge in [-0.1, -0.05) is 0 Å². The van der Waals surface area contributed by atoms with Crippen molar-refractivity contribution in [3.8, 4) is 0 Å². The minimum Gasteiger partial charge on any atom is -0.383 e. The molecule has 9 nitrogen and oxygen atoms in total. The monoisotopic (exact) mass is 311 g/mol. The Morgan fingerprint density at radius 2 is 2.10 bits per heavy atom. The molecule has 112 valence electrons. The predicted molar refractivity (Wildman–Crippen MR) is 76.7 cm³/mol. The molecule has 2 rings (SSSR count). The van der Waals surface area contributed by atoms with Crippen LogP contribution >= 0.6 is 0 Å². The van der Waals surface area contributed by atoms with Gasteiger partial charge in [0.1, 0.15) is 5.69 Å². The van der Waals surface area contributed by atoms with Crippen LogP contribution in [0.5, 0.6) is 0 Å². The highest BCUT2D eigenvalue weighted by Gasteiger charge is 2.20. The van der Waals surface area contributed by atoms with Gasteiger partial charge in [0.15, 0.2) is 0 Å². The number of nitro groups is 1. The van der Waals surface area contributed by atoms with E-state index in [1.54, 1.807) is 7.05 Å². The van der Waals surface area contributed by atoms with Crippen LogP contribution in [-0.4, -0.2) is 30.2 Å². The van der Waals surface area contributed by atoms with Gasteiger partial charge in [0, 0.05) is 26.4 Å². The van der Waals surface area contributed by atoms with E-state index in [1.807, 2.05) is 0 Å². The number of benzene rings is 1. The third kappa shape index (κ3) is 3.11. The molecule has 2 N–H and O–H groups in total. The Balaban J connectivity index is 2.38. The largest absolute Gasteiger partial charge is 0.383 e. The molecular formula is C11H13N5O4S. The van der Waals surface area contributed by atoms with Crippen molar-refractivity contribution in [3.05, 3.63) is 40.7 Å². The Morgan fingerprint density at radius 1 is 1.38 bits per heavy atom. The first-order chi connectivity index (χ1) is 9.83. The van der Waals surface area contributed by atoms with Crippen molar-refractivity contribution in [2.24, 2.45) is 7.05 Å². The first kappa shape index (κ1) is 14.8. The molecule has 0 amide bonds. The lowest BCUT2D eigenvalue weighted by molar-refractivity contribution is -0.384. The fourth-order valence-corrected chi connectivity index (χ4v) is 2.78. The van der Waals surface area contributed by atoms with E-state index < -0.39 is 14.9 Å². The quantitative estimate of drug-likeness (QED) is 0.632. The molecule has 0 atom stereocenters. The fraction of sp³-hybridized carbons (Fsp3) is 0.182. The Labute approximate surface area is 120 Å². The average molecular weight is 311 g/mol. The molecule has 0 fully saturated rings. The van der Waals surface area contributed by atoms with Gasteiger partial charge in [0.05, 0.1) is 21.7 Å². The zero-order chi connectivity index (χ0) is 15.6. The van der Waals surface area contributed by atoms with Crippen LogP contribution in [0, 0.1) is 10.1 Å². The third-order valence-corrected chi connectivity index (χ3v) is 4.08. The Morgan fingerprint density at radius 3 is 2.62 bits per heavy atom. The van der Waals surface area contributed by atoms with Gasteiger partial charge in [0.2, 0.25) is 0 Å². The molecule has 0 aliphatic rings. The summed E-state index contributed by atoms with van der Waals surface area (Å²) in [6.45, 7) is 0. The molecule has 21 heavy (non-hydrogen) atoms. The first-order valence-electron chi connectivity index (χ1n) is 5.81. The van der Waals surface area contributed by atoms with Crippen LogP contribution in [-0.2, 0) is 17.1 Å². The van der Waals surface area contributed by atoms with Gasteiger partial charge >= 0.3 is 0 Å². The molecule has 1 aromatic carbocycles. The second-order valence-electron chi connectivity index (χ2n) is 4.19. The van der Waals surface area contributed by atoms with Gasteiger partial charge in [-0.2, -0.15) is 5.10 Å². The van der Waals surface area contributed by atoms with Crippen LogP contribution in [0.3, 0.4) is 0 Å². The SMILES string of the molecule is CNc1cc(S(=O)(=O)Nc2cnn(C)c2)ccc1[N+](=O)[O-]. The van der Waals surface area contributed by atoms with E-state index in [-0.39, 0.29) is 16.3 Å². The van der Waals surface area contributed by atoms with E-state index in [0.717, 1.165) is 6.07 Å². The van der Waals surface area contributed by atoms with Gasteiger partial charge in [-0.3, -0.25) is 19.5 Å². The van der Waals surface area contributed by atoms with Crippen molar-refractivity contribution >= 4 is 27.1 Å².